The number of amides is 1. The van der Waals surface area contributed by atoms with Gasteiger partial charge in [0.05, 0.1) is 19.9 Å². The number of hydrogen-bond donors (Lipinski definition) is 2. The molecule has 1 heterocycles. The first-order valence-corrected chi connectivity index (χ1v) is 23.9. The number of ether oxygens (including phenoxy) is 3. The van der Waals surface area contributed by atoms with Gasteiger partial charge in [-0.1, -0.05) is 162 Å². The second kappa shape index (κ2) is 39.4. The molecule has 9 heteroatoms. The number of nitrogens with one attached hydrogen (secondary N) is 2. The highest BCUT2D eigenvalue weighted by Gasteiger charge is 2.18. The van der Waals surface area contributed by atoms with E-state index >= 15 is 0 Å². The molecule has 1 unspecified atom stereocenters. The molecule has 0 radical (unpaired) electrons. The quantitative estimate of drug-likeness (QED) is 0.0358. The number of unbranched alkanes of at least 4 members (excludes halogenated alkanes) is 21. The van der Waals surface area contributed by atoms with Crippen molar-refractivity contribution >= 4 is 18.0 Å². The van der Waals surface area contributed by atoms with Crippen molar-refractivity contribution in [2.45, 2.75) is 232 Å². The Hall–Kier alpha value is -2.45. The standard InChI is InChI=1S/C47H89N3O6/c1-4-7-10-13-20-24-30-43(31-25-21-14-11-8-5-2)41-46(52)55-40-34-44(56-47(53)49-35-29-37-50-38-36-48-42-50)32-26-22-17-15-16-18-23-28-39-54-45(51)33-27-19-12-9-6-3/h36,38,43-44,48H,4-35,37,39-42H2,1-3H3,(H,49,53). The lowest BCUT2D eigenvalue weighted by Crippen LogP contribution is -2.32. The fourth-order valence-electron chi connectivity index (χ4n) is 7.50. The van der Waals surface area contributed by atoms with Crippen molar-refractivity contribution in [3.63, 3.8) is 0 Å². The monoisotopic (exact) mass is 792 g/mol. The fourth-order valence-corrected chi connectivity index (χ4v) is 7.50. The van der Waals surface area contributed by atoms with Crippen LogP contribution in [0.4, 0.5) is 4.79 Å². The van der Waals surface area contributed by atoms with Crippen LogP contribution in [-0.2, 0) is 23.8 Å². The van der Waals surface area contributed by atoms with Crippen molar-refractivity contribution in [3.05, 3.63) is 12.4 Å². The zero-order chi connectivity index (χ0) is 40.6. The summed E-state index contributed by atoms with van der Waals surface area (Å²) in [5, 5.41) is 6.09. The van der Waals surface area contributed by atoms with Crippen molar-refractivity contribution in [2.24, 2.45) is 5.92 Å². The highest BCUT2D eigenvalue weighted by atomic mass is 16.6. The van der Waals surface area contributed by atoms with Crippen LogP contribution in [-0.4, -0.2) is 62.0 Å². The molecule has 0 aliphatic carbocycles. The fraction of sp³-hybridized carbons (Fsp3) is 0.894. The molecule has 0 fully saturated rings. The van der Waals surface area contributed by atoms with Crippen LogP contribution >= 0.6 is 0 Å². The Balaban J connectivity index is 2.41. The summed E-state index contributed by atoms with van der Waals surface area (Å²) in [6.45, 7) is 9.78. The number of esters is 2. The summed E-state index contributed by atoms with van der Waals surface area (Å²) < 4.78 is 17.1. The van der Waals surface area contributed by atoms with E-state index in [9.17, 15) is 14.4 Å². The van der Waals surface area contributed by atoms with E-state index in [2.05, 4.69) is 36.3 Å². The third-order valence-corrected chi connectivity index (χ3v) is 11.1. The van der Waals surface area contributed by atoms with Gasteiger partial charge in [0, 0.05) is 44.8 Å². The average Bonchev–Trinajstić information content (AvgIpc) is 3.71. The first-order chi connectivity index (χ1) is 27.5. The van der Waals surface area contributed by atoms with Crippen LogP contribution in [0.15, 0.2) is 12.4 Å². The molecule has 0 saturated heterocycles. The maximum absolute atomic E-state index is 13.1. The van der Waals surface area contributed by atoms with Crippen LogP contribution in [0.25, 0.3) is 0 Å². The van der Waals surface area contributed by atoms with Crippen molar-refractivity contribution in [1.29, 1.82) is 0 Å². The molecule has 1 rings (SSSR count). The summed E-state index contributed by atoms with van der Waals surface area (Å²) in [6.07, 6.45) is 38.6. The first kappa shape index (κ1) is 51.6. The summed E-state index contributed by atoms with van der Waals surface area (Å²) in [6, 6.07) is 0. The molecule has 2 N–H and O–H groups in total. The van der Waals surface area contributed by atoms with Crippen LogP contribution in [0.5, 0.6) is 0 Å². The minimum atomic E-state index is -0.382. The number of rotatable bonds is 41. The van der Waals surface area contributed by atoms with Gasteiger partial charge < -0.3 is 29.7 Å². The second-order valence-corrected chi connectivity index (χ2v) is 16.5. The molecule has 0 bridgehead atoms. The van der Waals surface area contributed by atoms with Gasteiger partial charge in [-0.2, -0.15) is 0 Å². The van der Waals surface area contributed by atoms with E-state index in [1.165, 1.54) is 109 Å². The zero-order valence-corrected chi connectivity index (χ0v) is 36.9. The molecule has 0 aromatic heterocycles. The minimum absolute atomic E-state index is 0.0429. The van der Waals surface area contributed by atoms with Gasteiger partial charge in [0.1, 0.15) is 6.10 Å². The third kappa shape index (κ3) is 33.7. The molecule has 0 aromatic rings. The van der Waals surface area contributed by atoms with E-state index in [1.54, 1.807) is 0 Å². The van der Waals surface area contributed by atoms with Crippen LogP contribution in [0.3, 0.4) is 0 Å². The van der Waals surface area contributed by atoms with E-state index in [0.29, 0.717) is 44.9 Å². The zero-order valence-electron chi connectivity index (χ0n) is 36.9. The SMILES string of the molecule is CCCCCCCCC(CCCCCCCC)CC(=O)OCCC(CCCCCCCCCCOC(=O)CCCCCCC)OC(=O)NCCCN1C=CNC1. The van der Waals surface area contributed by atoms with E-state index in [1.807, 2.05) is 12.4 Å². The van der Waals surface area contributed by atoms with E-state index in [4.69, 9.17) is 14.2 Å². The molecule has 328 valence electrons. The molecule has 0 aromatic carbocycles. The van der Waals surface area contributed by atoms with E-state index < -0.39 is 0 Å². The average molecular weight is 792 g/mol. The van der Waals surface area contributed by atoms with Gasteiger partial charge in [-0.15, -0.1) is 0 Å². The van der Waals surface area contributed by atoms with Crippen LogP contribution < -0.4 is 10.6 Å². The Kier molecular flexibility index (Phi) is 36.3. The maximum atomic E-state index is 13.1. The molecule has 9 nitrogen and oxygen atoms in total. The first-order valence-electron chi connectivity index (χ1n) is 23.9. The Morgan fingerprint density at radius 3 is 1.68 bits per heavy atom. The highest BCUT2D eigenvalue weighted by molar-refractivity contribution is 5.70. The van der Waals surface area contributed by atoms with Crippen molar-refractivity contribution in [1.82, 2.24) is 15.5 Å². The third-order valence-electron chi connectivity index (χ3n) is 11.1. The summed E-state index contributed by atoms with van der Waals surface area (Å²) in [4.78, 5) is 39.9. The molecule has 1 aliphatic rings. The smallest absolute Gasteiger partial charge is 0.407 e. The summed E-state index contributed by atoms with van der Waals surface area (Å²) in [7, 11) is 0. The van der Waals surface area contributed by atoms with Gasteiger partial charge in [-0.25, -0.2) is 4.79 Å². The number of alkyl carbamates (subject to hydrolysis) is 1. The van der Waals surface area contributed by atoms with Gasteiger partial charge in [0.25, 0.3) is 0 Å². The Morgan fingerprint density at radius 1 is 0.589 bits per heavy atom. The molecule has 1 amide bonds. The lowest BCUT2D eigenvalue weighted by molar-refractivity contribution is -0.146. The van der Waals surface area contributed by atoms with Crippen molar-refractivity contribution in [3.8, 4) is 0 Å². The lowest BCUT2D eigenvalue weighted by atomic mass is 9.91. The van der Waals surface area contributed by atoms with Gasteiger partial charge >= 0.3 is 18.0 Å². The predicted molar refractivity (Wildman–Crippen MR) is 232 cm³/mol. The normalized spacial score (nSPS) is 12.9. The maximum Gasteiger partial charge on any atom is 0.407 e. The molecule has 0 spiro atoms. The molecule has 1 atom stereocenters. The minimum Gasteiger partial charge on any atom is -0.466 e. The Labute approximate surface area is 345 Å². The van der Waals surface area contributed by atoms with Crippen LogP contribution in [0.2, 0.25) is 0 Å². The molecular formula is C47H89N3O6. The number of hydrogen-bond acceptors (Lipinski definition) is 8. The van der Waals surface area contributed by atoms with Crippen LogP contribution in [0.1, 0.15) is 226 Å². The molecule has 1 aliphatic heterocycles. The molecule has 0 saturated carbocycles. The summed E-state index contributed by atoms with van der Waals surface area (Å²) in [5.74, 6) is 0.257. The largest absolute Gasteiger partial charge is 0.466 e. The molecule has 56 heavy (non-hydrogen) atoms. The Bertz CT molecular complexity index is 931. The van der Waals surface area contributed by atoms with Crippen molar-refractivity contribution < 1.29 is 28.6 Å². The highest BCUT2D eigenvalue weighted by Crippen LogP contribution is 2.23. The Morgan fingerprint density at radius 2 is 1.11 bits per heavy atom. The summed E-state index contributed by atoms with van der Waals surface area (Å²) in [5.41, 5.74) is 0. The molecular weight excluding hydrogens is 703 g/mol. The van der Waals surface area contributed by atoms with Crippen molar-refractivity contribution in [2.75, 3.05) is 33.0 Å². The van der Waals surface area contributed by atoms with Crippen LogP contribution in [0, 0.1) is 5.92 Å². The van der Waals surface area contributed by atoms with Gasteiger partial charge in [0.15, 0.2) is 0 Å². The van der Waals surface area contributed by atoms with E-state index in [-0.39, 0.29) is 24.1 Å². The predicted octanol–water partition coefficient (Wildman–Crippen LogP) is 12.7. The summed E-state index contributed by atoms with van der Waals surface area (Å²) >= 11 is 0. The van der Waals surface area contributed by atoms with E-state index in [0.717, 1.165) is 90.3 Å². The van der Waals surface area contributed by atoms with Gasteiger partial charge in [-0.05, 0) is 50.9 Å². The van der Waals surface area contributed by atoms with Gasteiger partial charge in [-0.3, -0.25) is 9.59 Å². The lowest BCUT2D eigenvalue weighted by Gasteiger charge is -2.20. The number of nitrogens with zero attached hydrogens (tertiary/aromatic N) is 1. The number of carbonyl (C=O) groups is 3. The topological polar surface area (TPSA) is 106 Å². The second-order valence-electron chi connectivity index (χ2n) is 16.5. The number of carbonyl (C=O) groups excluding carboxylic acids is 3. The van der Waals surface area contributed by atoms with Gasteiger partial charge in [0.2, 0.25) is 0 Å².